The number of ether oxygens (including phenoxy) is 1. The molecule has 28 heavy (non-hydrogen) atoms. The molecule has 1 aromatic rings. The van der Waals surface area contributed by atoms with E-state index in [0.29, 0.717) is 37.9 Å². The Morgan fingerprint density at radius 1 is 1.29 bits per heavy atom. The molecular weight excluding hydrogens is 369 g/mol. The number of rotatable bonds is 10. The summed E-state index contributed by atoms with van der Waals surface area (Å²) in [6.07, 6.45) is -1.08. The summed E-state index contributed by atoms with van der Waals surface area (Å²) in [5.74, 6) is 2.20. The third-order valence-electron chi connectivity index (χ3n) is 4.52. The highest BCUT2D eigenvalue weighted by atomic mass is 19.4. The van der Waals surface area contributed by atoms with Crippen molar-refractivity contribution in [2.75, 3.05) is 40.3 Å². The van der Waals surface area contributed by atoms with E-state index in [1.165, 1.54) is 24.8 Å². The Hall–Kier alpha value is -1.96. The fourth-order valence-corrected chi connectivity index (χ4v) is 2.77. The second-order valence-corrected chi connectivity index (χ2v) is 7.42. The van der Waals surface area contributed by atoms with Gasteiger partial charge in [-0.05, 0) is 57.3 Å². The van der Waals surface area contributed by atoms with Crippen LogP contribution in [-0.4, -0.2) is 57.4 Å². The first-order valence-electron chi connectivity index (χ1n) is 9.69. The summed E-state index contributed by atoms with van der Waals surface area (Å²) >= 11 is 0. The lowest BCUT2D eigenvalue weighted by Gasteiger charge is -2.19. The highest BCUT2D eigenvalue weighted by molar-refractivity contribution is 5.79. The number of aliphatic imine (C=N–C) groups is 1. The maximum absolute atomic E-state index is 12.3. The molecule has 1 aliphatic carbocycles. The van der Waals surface area contributed by atoms with Crippen LogP contribution in [-0.2, 0) is 6.54 Å². The molecule has 0 saturated heterocycles. The maximum Gasteiger partial charge on any atom is 0.401 e. The number of nitrogens with zero attached hydrogens (tertiary/aromatic N) is 2. The van der Waals surface area contributed by atoms with Gasteiger partial charge in [0.1, 0.15) is 5.75 Å². The Labute approximate surface area is 165 Å². The minimum Gasteiger partial charge on any atom is -0.493 e. The zero-order valence-corrected chi connectivity index (χ0v) is 16.9. The van der Waals surface area contributed by atoms with Crippen molar-refractivity contribution in [3.63, 3.8) is 0 Å². The Morgan fingerprint density at radius 2 is 2.04 bits per heavy atom. The van der Waals surface area contributed by atoms with Crippen molar-refractivity contribution >= 4 is 5.96 Å². The molecule has 2 N–H and O–H groups in total. The molecule has 0 unspecified atom stereocenters. The maximum atomic E-state index is 12.3. The minimum absolute atomic E-state index is 0.362. The van der Waals surface area contributed by atoms with Gasteiger partial charge in [0.05, 0.1) is 13.2 Å². The Kier molecular flexibility index (Phi) is 8.41. The molecule has 0 atom stereocenters. The number of benzene rings is 1. The molecule has 0 aliphatic heterocycles. The van der Waals surface area contributed by atoms with Crippen LogP contribution >= 0.6 is 0 Å². The smallest absolute Gasteiger partial charge is 0.401 e. The van der Waals surface area contributed by atoms with Crippen molar-refractivity contribution in [3.8, 4) is 5.75 Å². The minimum atomic E-state index is -4.16. The monoisotopic (exact) mass is 400 g/mol. The molecule has 0 heterocycles. The van der Waals surface area contributed by atoms with Crippen LogP contribution in [0.25, 0.3) is 0 Å². The molecule has 0 amide bonds. The largest absolute Gasteiger partial charge is 0.493 e. The molecule has 8 heteroatoms. The van der Waals surface area contributed by atoms with Crippen molar-refractivity contribution in [2.24, 2.45) is 10.9 Å². The quantitative estimate of drug-likeness (QED) is 0.359. The highest BCUT2D eigenvalue weighted by Gasteiger charge is 2.28. The fourth-order valence-electron chi connectivity index (χ4n) is 2.77. The lowest BCUT2D eigenvalue weighted by atomic mass is 10.1. The number of hydrogen-bond donors (Lipinski definition) is 2. The van der Waals surface area contributed by atoms with Gasteiger partial charge >= 0.3 is 6.18 Å². The van der Waals surface area contributed by atoms with Gasteiger partial charge in [-0.1, -0.05) is 12.1 Å². The predicted octanol–water partition coefficient (Wildman–Crippen LogP) is 3.33. The number of alkyl halides is 3. The van der Waals surface area contributed by atoms with E-state index in [4.69, 9.17) is 4.74 Å². The van der Waals surface area contributed by atoms with Gasteiger partial charge in [0.2, 0.25) is 0 Å². The van der Waals surface area contributed by atoms with Crippen molar-refractivity contribution in [3.05, 3.63) is 29.3 Å². The van der Waals surface area contributed by atoms with Crippen LogP contribution in [0.15, 0.2) is 23.2 Å². The standard InChI is InChI=1S/C20H31F3N4O/c1-15-5-8-17(18(11-15)28-13-16-6-7-16)12-26-19(24-2)25-9-4-10-27(3)14-20(21,22)23/h5,8,11,16H,4,6-7,9-10,12-14H2,1-3H3,(H2,24,25,26). The fraction of sp³-hybridized carbons (Fsp3) is 0.650. The van der Waals surface area contributed by atoms with Crippen LogP contribution in [0.4, 0.5) is 13.2 Å². The Morgan fingerprint density at radius 3 is 2.68 bits per heavy atom. The molecule has 5 nitrogen and oxygen atoms in total. The molecule has 2 rings (SSSR count). The summed E-state index contributed by atoms with van der Waals surface area (Å²) in [4.78, 5) is 5.44. The molecule has 1 aromatic carbocycles. The van der Waals surface area contributed by atoms with E-state index in [9.17, 15) is 13.2 Å². The molecule has 0 bridgehead atoms. The molecular formula is C20H31F3N4O. The van der Waals surface area contributed by atoms with E-state index < -0.39 is 12.7 Å². The molecule has 158 valence electrons. The van der Waals surface area contributed by atoms with Crippen LogP contribution < -0.4 is 15.4 Å². The van der Waals surface area contributed by atoms with Crippen LogP contribution in [0.2, 0.25) is 0 Å². The first-order chi connectivity index (χ1) is 13.3. The van der Waals surface area contributed by atoms with Gasteiger partial charge in [-0.15, -0.1) is 0 Å². The summed E-state index contributed by atoms with van der Waals surface area (Å²) < 4.78 is 42.9. The van der Waals surface area contributed by atoms with Gasteiger partial charge in [-0.25, -0.2) is 0 Å². The Bertz CT molecular complexity index is 645. The molecule has 0 spiro atoms. The van der Waals surface area contributed by atoms with Gasteiger partial charge in [-0.3, -0.25) is 9.89 Å². The number of aryl methyl sites for hydroxylation is 1. The number of halogens is 3. The summed E-state index contributed by atoms with van der Waals surface area (Å²) in [5.41, 5.74) is 2.21. The first-order valence-corrected chi connectivity index (χ1v) is 9.69. The Balaban J connectivity index is 1.74. The summed E-state index contributed by atoms with van der Waals surface area (Å²) in [6, 6.07) is 6.14. The number of guanidine groups is 1. The van der Waals surface area contributed by atoms with E-state index >= 15 is 0 Å². The van der Waals surface area contributed by atoms with Crippen molar-refractivity contribution in [2.45, 2.75) is 38.9 Å². The SMILES string of the molecule is CN=C(NCCCN(C)CC(F)(F)F)NCc1ccc(C)cc1OCC1CC1. The molecule has 0 radical (unpaired) electrons. The van der Waals surface area contributed by atoms with E-state index in [0.717, 1.165) is 23.5 Å². The van der Waals surface area contributed by atoms with Gasteiger partial charge in [-0.2, -0.15) is 13.2 Å². The van der Waals surface area contributed by atoms with Crippen molar-refractivity contribution in [1.82, 2.24) is 15.5 Å². The van der Waals surface area contributed by atoms with E-state index in [-0.39, 0.29) is 0 Å². The highest BCUT2D eigenvalue weighted by Crippen LogP contribution is 2.30. The summed E-state index contributed by atoms with van der Waals surface area (Å²) in [6.45, 7) is 3.37. The molecule has 1 aliphatic rings. The average molecular weight is 400 g/mol. The van der Waals surface area contributed by atoms with Crippen molar-refractivity contribution in [1.29, 1.82) is 0 Å². The van der Waals surface area contributed by atoms with Gasteiger partial charge in [0.25, 0.3) is 0 Å². The zero-order chi connectivity index (χ0) is 20.6. The third kappa shape index (κ3) is 8.82. The van der Waals surface area contributed by atoms with Crippen LogP contribution in [0.3, 0.4) is 0 Å². The second kappa shape index (κ2) is 10.5. The zero-order valence-electron chi connectivity index (χ0n) is 16.9. The van der Waals surface area contributed by atoms with Gasteiger partial charge in [0.15, 0.2) is 5.96 Å². The van der Waals surface area contributed by atoms with Crippen LogP contribution in [0.1, 0.15) is 30.4 Å². The third-order valence-corrected chi connectivity index (χ3v) is 4.52. The van der Waals surface area contributed by atoms with Crippen LogP contribution in [0, 0.1) is 12.8 Å². The number of hydrogen-bond acceptors (Lipinski definition) is 3. The van der Waals surface area contributed by atoms with Crippen molar-refractivity contribution < 1.29 is 17.9 Å². The summed E-state index contributed by atoms with van der Waals surface area (Å²) in [7, 11) is 3.14. The molecule has 1 saturated carbocycles. The predicted molar refractivity (Wildman–Crippen MR) is 106 cm³/mol. The van der Waals surface area contributed by atoms with E-state index in [1.807, 2.05) is 25.1 Å². The molecule has 1 fully saturated rings. The number of nitrogens with one attached hydrogen (secondary N) is 2. The van der Waals surface area contributed by atoms with Gasteiger partial charge in [0, 0.05) is 25.7 Å². The van der Waals surface area contributed by atoms with E-state index in [2.05, 4.69) is 15.6 Å². The average Bonchev–Trinajstić information content (AvgIpc) is 3.43. The van der Waals surface area contributed by atoms with E-state index in [1.54, 1.807) is 7.05 Å². The lowest BCUT2D eigenvalue weighted by Crippen LogP contribution is -2.39. The lowest BCUT2D eigenvalue weighted by molar-refractivity contribution is -0.143. The first kappa shape index (κ1) is 22.3. The second-order valence-electron chi connectivity index (χ2n) is 7.42. The summed E-state index contributed by atoms with van der Waals surface area (Å²) in [5, 5.41) is 6.38. The normalized spacial score (nSPS) is 15.0. The van der Waals surface area contributed by atoms with Gasteiger partial charge < -0.3 is 15.4 Å². The topological polar surface area (TPSA) is 48.9 Å². The molecule has 0 aromatic heterocycles. The van der Waals surface area contributed by atoms with Crippen LogP contribution in [0.5, 0.6) is 5.75 Å².